The van der Waals surface area contributed by atoms with Crippen molar-refractivity contribution in [1.82, 2.24) is 0 Å². The first-order chi connectivity index (χ1) is 40.1. The zero-order valence-electron chi connectivity index (χ0n) is 54.7. The Labute approximate surface area is 532 Å². The molecular weight excluding hydrogens is 1260 g/mol. The maximum atomic E-state index is 11.8. The van der Waals surface area contributed by atoms with Gasteiger partial charge in [-0.3, -0.25) is 27.3 Å². The molecule has 0 bridgehead atoms. The largest absolute Gasteiger partial charge is 0.295 e. The van der Waals surface area contributed by atoms with E-state index in [9.17, 15) is 59.6 Å². The number of hydrogen-bond donors (Lipinski definition) is 6. The van der Waals surface area contributed by atoms with Gasteiger partial charge >= 0.3 is 0 Å². The highest BCUT2D eigenvalue weighted by molar-refractivity contribution is 7.87. The van der Waals surface area contributed by atoms with E-state index in [-0.39, 0.29) is 63.9 Å². The summed E-state index contributed by atoms with van der Waals surface area (Å²) in [5, 5.41) is 0. The molecule has 0 spiro atoms. The van der Waals surface area contributed by atoms with E-state index in [1.807, 2.05) is 128 Å². The van der Waals surface area contributed by atoms with Crippen molar-refractivity contribution in [3.63, 3.8) is 0 Å². The van der Waals surface area contributed by atoms with E-state index in [4.69, 9.17) is 18.2 Å². The van der Waals surface area contributed by atoms with Crippen LogP contribution in [0.1, 0.15) is 223 Å². The molecule has 498 valence electrons. The fourth-order valence-electron chi connectivity index (χ4n) is 8.21. The van der Waals surface area contributed by atoms with Crippen molar-refractivity contribution in [3.8, 4) is 0 Å². The van der Waals surface area contributed by atoms with E-state index in [2.05, 4.69) is 34.6 Å². The fraction of sp³-hybridized carbons (Fsp3) is 0.446. The molecule has 0 amide bonds. The molecule has 0 unspecified atom stereocenters. The number of aryl methyl sites for hydroxylation is 2. The highest BCUT2D eigenvalue weighted by atomic mass is 32.2. The normalized spacial score (nSPS) is 12.4. The van der Waals surface area contributed by atoms with Crippen LogP contribution in [0.2, 0.25) is 0 Å². The number of benzene rings is 6. The van der Waals surface area contributed by atoms with Crippen LogP contribution in [0.3, 0.4) is 0 Å². The van der Waals surface area contributed by atoms with Crippen LogP contribution in [0.4, 0.5) is 0 Å². The standard InChI is InChI=1S/C16H26O3S.C15H24O3S.C10H14O3S.C9H12O3S.C8H10O3S.C7H8O3S/c1-10(2)13-8-12(16(5,6)7)9-14(11(3)4)15(13)20(17,18)19;1-9(2)12-7-13(10(3)4)15(19(16,17)18)14(8-12)11(5)6;1-10(2,3)8-4-6-9(7-5-8)14(11,12)13;1-7(2)8-3-5-9(6-4-8)13(10,11)12;1-2-7-3-5-8(6-4-7)12(9,10)11;1-6-2-4-7(5-3-6)11(8,9)10/h8-11H,1-7H3,(H,17,18,19);7-11H,1-6H3,(H,16,17,18);4-7H,1-3H3,(H,11,12,13);3-7H,1-2H3,(H,10,11,12);3-6H,2H2,1H3,(H,9,10,11);2-5H,1H3,(H,8,9,10). The van der Waals surface area contributed by atoms with E-state index < -0.39 is 60.7 Å². The van der Waals surface area contributed by atoms with Crippen molar-refractivity contribution in [1.29, 1.82) is 0 Å². The molecule has 0 heterocycles. The Kier molecular flexibility index (Phi) is 30.2. The Balaban J connectivity index is 0.000000541. The van der Waals surface area contributed by atoms with Gasteiger partial charge < -0.3 is 0 Å². The quantitative estimate of drug-likeness (QED) is 0.0585. The average Bonchev–Trinajstić information content (AvgIpc) is 3.39. The summed E-state index contributed by atoms with van der Waals surface area (Å²) >= 11 is 0. The summed E-state index contributed by atoms with van der Waals surface area (Å²) in [6.07, 6.45) is 0.853. The zero-order chi connectivity index (χ0) is 69.6. The van der Waals surface area contributed by atoms with Gasteiger partial charge in [0.25, 0.3) is 60.7 Å². The first kappa shape index (κ1) is 81.8. The van der Waals surface area contributed by atoms with Crippen LogP contribution in [-0.2, 0) is 78.0 Å². The van der Waals surface area contributed by atoms with Crippen molar-refractivity contribution in [2.75, 3.05) is 0 Å². The van der Waals surface area contributed by atoms with Crippen molar-refractivity contribution in [2.24, 2.45) is 0 Å². The van der Waals surface area contributed by atoms with Crippen LogP contribution < -0.4 is 0 Å². The molecule has 0 aromatic heterocycles. The zero-order valence-corrected chi connectivity index (χ0v) is 59.6. The summed E-state index contributed by atoms with van der Waals surface area (Å²) in [5.74, 6) is 0.848. The van der Waals surface area contributed by atoms with Gasteiger partial charge in [0.05, 0.1) is 19.6 Å². The molecule has 0 aliphatic rings. The van der Waals surface area contributed by atoms with Gasteiger partial charge in [-0.05, 0) is 158 Å². The van der Waals surface area contributed by atoms with Crippen molar-refractivity contribution in [3.05, 3.63) is 177 Å². The minimum absolute atomic E-state index is 0.0161. The number of hydrogen-bond acceptors (Lipinski definition) is 12. The summed E-state index contributed by atoms with van der Waals surface area (Å²) in [5.41, 5.74) is 9.01. The lowest BCUT2D eigenvalue weighted by Crippen LogP contribution is -2.16. The maximum absolute atomic E-state index is 11.8. The molecule has 0 aliphatic carbocycles. The van der Waals surface area contributed by atoms with E-state index in [0.717, 1.165) is 39.8 Å². The van der Waals surface area contributed by atoms with Crippen LogP contribution in [0, 0.1) is 6.92 Å². The minimum Gasteiger partial charge on any atom is -0.282 e. The van der Waals surface area contributed by atoms with Crippen LogP contribution >= 0.6 is 0 Å². The molecule has 89 heavy (non-hydrogen) atoms. The van der Waals surface area contributed by atoms with Crippen molar-refractivity contribution in [2.45, 2.75) is 221 Å². The van der Waals surface area contributed by atoms with Gasteiger partial charge in [0, 0.05) is 0 Å². The van der Waals surface area contributed by atoms with E-state index in [1.165, 1.54) is 48.5 Å². The summed E-state index contributed by atoms with van der Waals surface area (Å²) in [4.78, 5) is -0.0531. The number of rotatable bonds is 13. The molecular formula is C65H94O18S6. The maximum Gasteiger partial charge on any atom is 0.295 e. The van der Waals surface area contributed by atoms with E-state index >= 15 is 0 Å². The third kappa shape index (κ3) is 27.3. The fourth-order valence-corrected chi connectivity index (χ4v) is 12.5. The van der Waals surface area contributed by atoms with Gasteiger partial charge in [0.2, 0.25) is 0 Å². The topological polar surface area (TPSA) is 326 Å². The van der Waals surface area contributed by atoms with Gasteiger partial charge in [0.15, 0.2) is 0 Å². The molecule has 6 aromatic rings. The molecule has 6 aromatic carbocycles. The van der Waals surface area contributed by atoms with Crippen LogP contribution in [0.5, 0.6) is 0 Å². The average molecular weight is 1360 g/mol. The van der Waals surface area contributed by atoms with Gasteiger partial charge in [-0.25, -0.2) is 0 Å². The highest BCUT2D eigenvalue weighted by Gasteiger charge is 2.28. The molecule has 0 saturated carbocycles. The lowest BCUT2D eigenvalue weighted by Gasteiger charge is -2.25. The van der Waals surface area contributed by atoms with Crippen molar-refractivity contribution < 1.29 is 77.8 Å². The lowest BCUT2D eigenvalue weighted by molar-refractivity contribution is 0.476. The smallest absolute Gasteiger partial charge is 0.282 e. The monoisotopic (exact) mass is 1350 g/mol. The van der Waals surface area contributed by atoms with E-state index in [0.29, 0.717) is 34.1 Å². The van der Waals surface area contributed by atoms with Gasteiger partial charge in [-0.2, -0.15) is 50.5 Å². The predicted octanol–water partition coefficient (Wildman–Crippen LogP) is 15.8. The predicted molar refractivity (Wildman–Crippen MR) is 354 cm³/mol. The molecule has 0 aliphatic heterocycles. The third-order valence-corrected chi connectivity index (χ3v) is 19.1. The minimum atomic E-state index is -4.22. The molecule has 6 N–H and O–H groups in total. The van der Waals surface area contributed by atoms with Gasteiger partial charge in [-0.15, -0.1) is 0 Å². The molecule has 0 saturated heterocycles. The lowest BCUT2D eigenvalue weighted by atomic mass is 9.82. The third-order valence-electron chi connectivity index (χ3n) is 13.7. The molecule has 24 heteroatoms. The summed E-state index contributed by atoms with van der Waals surface area (Å²) in [6, 6.07) is 32.3. The van der Waals surface area contributed by atoms with Crippen molar-refractivity contribution >= 4 is 60.7 Å². The second kappa shape index (κ2) is 32.9. The van der Waals surface area contributed by atoms with Crippen LogP contribution in [0.15, 0.2) is 151 Å². The molecule has 6 rings (SSSR count). The summed E-state index contributed by atoms with van der Waals surface area (Å²) in [6.45, 7) is 40.0. The Morgan fingerprint density at radius 1 is 0.315 bits per heavy atom. The van der Waals surface area contributed by atoms with Crippen LogP contribution in [-0.4, -0.2) is 77.8 Å². The summed E-state index contributed by atoms with van der Waals surface area (Å²) in [7, 11) is -24.6. The van der Waals surface area contributed by atoms with Gasteiger partial charge in [-0.1, -0.05) is 210 Å². The summed E-state index contributed by atoms with van der Waals surface area (Å²) < 4.78 is 186. The molecule has 18 nitrogen and oxygen atoms in total. The first-order valence-corrected chi connectivity index (χ1v) is 37.3. The first-order valence-electron chi connectivity index (χ1n) is 28.6. The van der Waals surface area contributed by atoms with E-state index in [1.54, 1.807) is 48.5 Å². The second-order valence-electron chi connectivity index (χ2n) is 25.2. The highest BCUT2D eigenvalue weighted by Crippen LogP contribution is 2.38. The molecule has 0 atom stereocenters. The molecule has 0 radical (unpaired) electrons. The van der Waals surface area contributed by atoms with Crippen LogP contribution in [0.25, 0.3) is 0 Å². The Hall–Kier alpha value is -5.22. The Morgan fingerprint density at radius 2 is 0.562 bits per heavy atom. The van der Waals surface area contributed by atoms with Gasteiger partial charge in [0.1, 0.15) is 9.79 Å². The Bertz CT molecular complexity index is 3910. The SMILES string of the molecule is CC(C)(C)c1ccc(S(=O)(=O)O)cc1.CC(C)c1cc(C(C)(C)C)cc(C(C)C)c1S(=O)(=O)O.CC(C)c1cc(C(C)C)c(S(=O)(=O)O)c(C(C)C)c1.CC(C)c1ccc(S(=O)(=O)O)cc1.CCc1ccc(S(=O)(=O)O)cc1.Cc1ccc(S(=O)(=O)O)cc1. The Morgan fingerprint density at radius 3 is 0.787 bits per heavy atom. The second-order valence-corrected chi connectivity index (χ2v) is 33.6. The molecule has 0 fully saturated rings.